The van der Waals surface area contributed by atoms with Crippen molar-refractivity contribution >= 4 is 11.9 Å². The maximum absolute atomic E-state index is 12.4. The third-order valence-electron chi connectivity index (χ3n) is 3.69. The number of rotatable bonds is 5. The second-order valence-electron chi connectivity index (χ2n) is 7.04. The van der Waals surface area contributed by atoms with Crippen LogP contribution in [0.2, 0.25) is 0 Å². The number of carbonyl (C=O) groups excluding carboxylic acids is 2. The minimum absolute atomic E-state index is 0.220. The Hall–Kier alpha value is -1.06. The normalized spacial score (nSPS) is 17.8. The van der Waals surface area contributed by atoms with Crippen molar-refractivity contribution in [3.63, 3.8) is 0 Å². The fraction of sp³-hybridized carbons (Fsp3) is 0.867. The van der Waals surface area contributed by atoms with Gasteiger partial charge in [0.15, 0.2) is 0 Å². The minimum Gasteiger partial charge on any atom is -0.465 e. The molecule has 1 aliphatic carbocycles. The van der Waals surface area contributed by atoms with Gasteiger partial charge in [0, 0.05) is 5.54 Å². The number of nitrogens with one attached hydrogen (secondary N) is 1. The topological polar surface area (TPSA) is 55.4 Å². The lowest BCUT2D eigenvalue weighted by atomic mass is 9.79. The van der Waals surface area contributed by atoms with Crippen LogP contribution in [0.15, 0.2) is 0 Å². The summed E-state index contributed by atoms with van der Waals surface area (Å²) in [6.07, 6.45) is 2.29. The van der Waals surface area contributed by atoms with E-state index in [0.29, 0.717) is 12.5 Å². The molecule has 19 heavy (non-hydrogen) atoms. The van der Waals surface area contributed by atoms with E-state index in [1.54, 1.807) is 6.92 Å². The first-order chi connectivity index (χ1) is 8.59. The predicted molar refractivity (Wildman–Crippen MR) is 74.5 cm³/mol. The number of amides is 1. The van der Waals surface area contributed by atoms with Crippen LogP contribution < -0.4 is 5.32 Å². The molecule has 1 fully saturated rings. The summed E-state index contributed by atoms with van der Waals surface area (Å²) in [5, 5.41) is 3.02. The van der Waals surface area contributed by atoms with Gasteiger partial charge in [-0.2, -0.15) is 0 Å². The smallest absolute Gasteiger partial charge is 0.319 e. The number of carbonyl (C=O) groups is 2. The quantitative estimate of drug-likeness (QED) is 0.616. The molecule has 1 rings (SSSR count). The van der Waals surface area contributed by atoms with Crippen LogP contribution in [0.4, 0.5) is 0 Å². The summed E-state index contributed by atoms with van der Waals surface area (Å²) >= 11 is 0. The highest BCUT2D eigenvalue weighted by Crippen LogP contribution is 2.39. The van der Waals surface area contributed by atoms with Gasteiger partial charge in [-0.3, -0.25) is 9.59 Å². The average Bonchev–Trinajstić information content (AvgIpc) is 2.96. The third-order valence-corrected chi connectivity index (χ3v) is 3.69. The molecule has 0 aromatic heterocycles. The summed E-state index contributed by atoms with van der Waals surface area (Å²) < 4.78 is 5.04. The lowest BCUT2D eigenvalue weighted by Gasteiger charge is -2.33. The molecular formula is C15H27NO3. The van der Waals surface area contributed by atoms with Gasteiger partial charge in [-0.1, -0.05) is 20.8 Å². The van der Waals surface area contributed by atoms with E-state index in [1.165, 1.54) is 0 Å². The summed E-state index contributed by atoms with van der Waals surface area (Å²) in [5.41, 5.74) is -0.691. The average molecular weight is 269 g/mol. The number of hydrogen-bond donors (Lipinski definition) is 1. The minimum atomic E-state index is -0.759. The van der Waals surface area contributed by atoms with Crippen molar-refractivity contribution in [2.45, 2.75) is 59.9 Å². The molecule has 0 heterocycles. The highest BCUT2D eigenvalue weighted by atomic mass is 16.5. The Morgan fingerprint density at radius 2 is 1.74 bits per heavy atom. The van der Waals surface area contributed by atoms with Gasteiger partial charge in [-0.05, 0) is 44.9 Å². The van der Waals surface area contributed by atoms with E-state index in [1.807, 2.05) is 34.6 Å². The lowest BCUT2D eigenvalue weighted by Crippen LogP contribution is -2.52. The Labute approximate surface area is 116 Å². The van der Waals surface area contributed by atoms with E-state index in [4.69, 9.17) is 4.74 Å². The second-order valence-corrected chi connectivity index (χ2v) is 7.04. The summed E-state index contributed by atoms with van der Waals surface area (Å²) in [6, 6.07) is 0. The van der Waals surface area contributed by atoms with Crippen molar-refractivity contribution < 1.29 is 14.3 Å². The maximum atomic E-state index is 12.4. The second kappa shape index (κ2) is 5.51. The molecule has 0 aromatic rings. The van der Waals surface area contributed by atoms with Crippen LogP contribution in [0.5, 0.6) is 0 Å². The van der Waals surface area contributed by atoms with Crippen LogP contribution in [0, 0.1) is 17.3 Å². The molecule has 0 aromatic carbocycles. The fourth-order valence-corrected chi connectivity index (χ4v) is 2.38. The van der Waals surface area contributed by atoms with E-state index in [2.05, 4.69) is 5.32 Å². The van der Waals surface area contributed by atoms with Crippen molar-refractivity contribution in [2.75, 3.05) is 6.61 Å². The van der Waals surface area contributed by atoms with E-state index in [-0.39, 0.29) is 11.4 Å². The van der Waals surface area contributed by atoms with Crippen LogP contribution in [0.3, 0.4) is 0 Å². The third kappa shape index (κ3) is 4.22. The first kappa shape index (κ1) is 16.0. The molecule has 0 bridgehead atoms. The zero-order valence-corrected chi connectivity index (χ0v) is 13.0. The summed E-state index contributed by atoms with van der Waals surface area (Å²) in [7, 11) is 0. The summed E-state index contributed by atoms with van der Waals surface area (Å²) in [6.45, 7) is 11.8. The highest BCUT2D eigenvalue weighted by Gasteiger charge is 2.44. The largest absolute Gasteiger partial charge is 0.465 e. The molecule has 1 N–H and O–H groups in total. The van der Waals surface area contributed by atoms with Crippen LogP contribution in [-0.4, -0.2) is 24.0 Å². The van der Waals surface area contributed by atoms with Gasteiger partial charge in [0.1, 0.15) is 5.92 Å². The molecule has 1 aliphatic rings. The molecule has 0 radical (unpaired) electrons. The molecule has 0 spiro atoms. The molecule has 110 valence electrons. The van der Waals surface area contributed by atoms with Gasteiger partial charge < -0.3 is 10.1 Å². The molecule has 0 aliphatic heterocycles. The SMILES string of the molecule is CCOC(=O)C(C(=O)NC(C)(C)C1CC1)C(C)(C)C. The van der Waals surface area contributed by atoms with E-state index in [0.717, 1.165) is 12.8 Å². The molecule has 1 amide bonds. The van der Waals surface area contributed by atoms with Gasteiger partial charge in [0.05, 0.1) is 6.61 Å². The van der Waals surface area contributed by atoms with Crippen LogP contribution in [0.1, 0.15) is 54.4 Å². The molecule has 1 unspecified atom stereocenters. The number of hydrogen-bond acceptors (Lipinski definition) is 3. The van der Waals surface area contributed by atoms with Crippen molar-refractivity contribution in [1.29, 1.82) is 0 Å². The van der Waals surface area contributed by atoms with E-state index >= 15 is 0 Å². The Morgan fingerprint density at radius 1 is 1.21 bits per heavy atom. The van der Waals surface area contributed by atoms with Crippen molar-refractivity contribution in [2.24, 2.45) is 17.3 Å². The van der Waals surface area contributed by atoms with Gasteiger partial charge in [-0.25, -0.2) is 0 Å². The van der Waals surface area contributed by atoms with Gasteiger partial charge >= 0.3 is 5.97 Å². The molecule has 1 atom stereocenters. The molecule has 0 saturated heterocycles. The molecule has 4 heteroatoms. The monoisotopic (exact) mass is 269 g/mol. The fourth-order valence-electron chi connectivity index (χ4n) is 2.38. The van der Waals surface area contributed by atoms with Gasteiger partial charge in [0.25, 0.3) is 0 Å². The first-order valence-corrected chi connectivity index (χ1v) is 7.08. The van der Waals surface area contributed by atoms with Crippen molar-refractivity contribution in [3.05, 3.63) is 0 Å². The van der Waals surface area contributed by atoms with Crippen molar-refractivity contribution in [3.8, 4) is 0 Å². The predicted octanol–water partition coefficient (Wildman–Crippen LogP) is 2.52. The van der Waals surface area contributed by atoms with Crippen molar-refractivity contribution in [1.82, 2.24) is 5.32 Å². The molecule has 1 saturated carbocycles. The Morgan fingerprint density at radius 3 is 2.11 bits per heavy atom. The first-order valence-electron chi connectivity index (χ1n) is 7.08. The van der Waals surface area contributed by atoms with Crippen LogP contribution in [0.25, 0.3) is 0 Å². The zero-order chi connectivity index (χ0) is 14.8. The Balaban J connectivity index is 2.80. The Kier molecular flexibility index (Phi) is 4.64. The molecular weight excluding hydrogens is 242 g/mol. The standard InChI is InChI=1S/C15H27NO3/c1-7-19-13(18)11(14(2,3)4)12(17)16-15(5,6)10-8-9-10/h10-11H,7-9H2,1-6H3,(H,16,17). The number of esters is 1. The van der Waals surface area contributed by atoms with Crippen LogP contribution >= 0.6 is 0 Å². The van der Waals surface area contributed by atoms with E-state index < -0.39 is 17.3 Å². The van der Waals surface area contributed by atoms with Gasteiger partial charge in [0.2, 0.25) is 5.91 Å². The lowest BCUT2D eigenvalue weighted by molar-refractivity contribution is -0.157. The summed E-state index contributed by atoms with van der Waals surface area (Å²) in [4.78, 5) is 24.5. The zero-order valence-electron chi connectivity index (χ0n) is 13.0. The van der Waals surface area contributed by atoms with E-state index in [9.17, 15) is 9.59 Å². The van der Waals surface area contributed by atoms with Gasteiger partial charge in [-0.15, -0.1) is 0 Å². The molecule has 4 nitrogen and oxygen atoms in total. The maximum Gasteiger partial charge on any atom is 0.319 e. The van der Waals surface area contributed by atoms with Crippen LogP contribution in [-0.2, 0) is 14.3 Å². The summed E-state index contributed by atoms with van der Waals surface area (Å²) in [5.74, 6) is -0.883. The Bertz CT molecular complexity index is 351. The number of ether oxygens (including phenoxy) is 1. The highest BCUT2D eigenvalue weighted by molar-refractivity contribution is 5.98.